The zero-order chi connectivity index (χ0) is 13.8. The number of nitrogens with two attached hydrogens (primary N) is 1. The van der Waals surface area contributed by atoms with Gasteiger partial charge < -0.3 is 16.2 Å². The highest BCUT2D eigenvalue weighted by Gasteiger charge is 2.56. The van der Waals surface area contributed by atoms with Gasteiger partial charge in [-0.05, 0) is 49.7 Å². The number of hydrogen-bond acceptors (Lipinski definition) is 3. The van der Waals surface area contributed by atoms with Crippen LogP contribution < -0.4 is 11.1 Å². The van der Waals surface area contributed by atoms with Gasteiger partial charge in [-0.1, -0.05) is 24.3 Å². The summed E-state index contributed by atoms with van der Waals surface area (Å²) < 4.78 is 0. The van der Waals surface area contributed by atoms with Crippen LogP contribution in [-0.4, -0.2) is 29.3 Å². The molecular weight excluding hydrogens is 248 g/mol. The molecule has 2 heterocycles. The highest BCUT2D eigenvalue weighted by molar-refractivity contribution is 5.36. The van der Waals surface area contributed by atoms with E-state index in [1.807, 2.05) is 0 Å². The largest absolute Gasteiger partial charge is 0.389 e. The van der Waals surface area contributed by atoms with E-state index in [0.717, 1.165) is 25.7 Å². The summed E-state index contributed by atoms with van der Waals surface area (Å²) in [7, 11) is 0. The minimum Gasteiger partial charge on any atom is -0.389 e. The van der Waals surface area contributed by atoms with E-state index in [1.54, 1.807) is 0 Å². The van der Waals surface area contributed by atoms with E-state index in [4.69, 9.17) is 5.73 Å². The van der Waals surface area contributed by atoms with E-state index < -0.39 is 5.60 Å². The van der Waals surface area contributed by atoms with Gasteiger partial charge in [-0.3, -0.25) is 0 Å². The Morgan fingerprint density at radius 2 is 1.65 bits per heavy atom. The van der Waals surface area contributed by atoms with Gasteiger partial charge in [-0.2, -0.15) is 0 Å². The number of hydrogen-bond donors (Lipinski definition) is 3. The molecule has 4 N–H and O–H groups in total. The molecule has 0 radical (unpaired) electrons. The Morgan fingerprint density at radius 1 is 1.10 bits per heavy atom. The molecule has 2 bridgehead atoms. The molecule has 0 saturated carbocycles. The van der Waals surface area contributed by atoms with Gasteiger partial charge in [0.15, 0.2) is 0 Å². The van der Waals surface area contributed by atoms with Crippen molar-refractivity contribution in [2.75, 3.05) is 6.54 Å². The predicted octanol–water partition coefficient (Wildman–Crippen LogP) is 1.38. The number of nitrogens with one attached hydrogen (secondary N) is 1. The zero-order valence-electron chi connectivity index (χ0n) is 11.9. The van der Waals surface area contributed by atoms with Gasteiger partial charge in [0.1, 0.15) is 0 Å². The van der Waals surface area contributed by atoms with Crippen LogP contribution in [0.4, 0.5) is 0 Å². The monoisotopic (exact) mass is 272 g/mol. The third-order valence-electron chi connectivity index (χ3n) is 6.06. The molecule has 0 amide bonds. The number of piperidine rings is 1. The molecule has 2 unspecified atom stereocenters. The molecule has 2 aliphatic heterocycles. The van der Waals surface area contributed by atoms with E-state index in [9.17, 15) is 5.11 Å². The van der Waals surface area contributed by atoms with Crippen LogP contribution >= 0.6 is 0 Å². The quantitative estimate of drug-likeness (QED) is 0.762. The normalized spacial score (nSPS) is 37.9. The number of fused-ring (bicyclic) bond motifs is 3. The van der Waals surface area contributed by atoms with E-state index >= 15 is 0 Å². The zero-order valence-corrected chi connectivity index (χ0v) is 11.9. The lowest BCUT2D eigenvalue weighted by atomic mass is 9.64. The van der Waals surface area contributed by atoms with Crippen molar-refractivity contribution in [1.82, 2.24) is 5.32 Å². The summed E-state index contributed by atoms with van der Waals surface area (Å²) in [5.74, 6) is 0. The second-order valence-corrected chi connectivity index (χ2v) is 7.18. The third-order valence-corrected chi connectivity index (χ3v) is 6.06. The first-order valence-electron chi connectivity index (χ1n) is 7.89. The van der Waals surface area contributed by atoms with Crippen molar-refractivity contribution in [1.29, 1.82) is 0 Å². The molecule has 0 aromatic heterocycles. The molecule has 20 heavy (non-hydrogen) atoms. The highest BCUT2D eigenvalue weighted by atomic mass is 16.3. The van der Waals surface area contributed by atoms with Crippen molar-refractivity contribution >= 4 is 0 Å². The molecule has 3 nitrogen and oxygen atoms in total. The molecule has 108 valence electrons. The van der Waals surface area contributed by atoms with Gasteiger partial charge in [0, 0.05) is 24.0 Å². The van der Waals surface area contributed by atoms with Gasteiger partial charge in [-0.15, -0.1) is 0 Å². The van der Waals surface area contributed by atoms with E-state index in [2.05, 4.69) is 29.6 Å². The minimum atomic E-state index is -0.599. The average Bonchev–Trinajstić information content (AvgIpc) is 3.00. The van der Waals surface area contributed by atoms with E-state index in [0.29, 0.717) is 18.6 Å². The molecule has 3 heteroatoms. The van der Waals surface area contributed by atoms with Crippen molar-refractivity contribution in [2.24, 2.45) is 11.1 Å². The van der Waals surface area contributed by atoms with Crippen LogP contribution in [0.15, 0.2) is 24.3 Å². The standard InChI is InChI=1S/C17H24N2O/c18-11-16(7-12-3-1-2-4-13(12)8-16)17(20)9-14-5-6-15(10-17)19-14/h1-4,14-15,19-20H,5-11,18H2. The molecule has 3 aliphatic rings. The maximum atomic E-state index is 11.5. The summed E-state index contributed by atoms with van der Waals surface area (Å²) in [4.78, 5) is 0. The molecule has 0 spiro atoms. The van der Waals surface area contributed by atoms with Crippen LogP contribution in [0.5, 0.6) is 0 Å². The van der Waals surface area contributed by atoms with Crippen molar-refractivity contribution in [3.63, 3.8) is 0 Å². The predicted molar refractivity (Wildman–Crippen MR) is 79.5 cm³/mol. The number of benzene rings is 1. The van der Waals surface area contributed by atoms with Crippen LogP contribution in [0.2, 0.25) is 0 Å². The topological polar surface area (TPSA) is 58.3 Å². The smallest absolute Gasteiger partial charge is 0.0751 e. The van der Waals surface area contributed by atoms with E-state index in [-0.39, 0.29) is 5.41 Å². The fourth-order valence-corrected chi connectivity index (χ4v) is 4.91. The molecular formula is C17H24N2O. The summed E-state index contributed by atoms with van der Waals surface area (Å²) in [5, 5.41) is 15.1. The Labute approximate surface area is 120 Å². The lowest BCUT2D eigenvalue weighted by Crippen LogP contribution is -2.60. The van der Waals surface area contributed by atoms with Gasteiger partial charge in [-0.25, -0.2) is 0 Å². The first kappa shape index (κ1) is 12.8. The lowest BCUT2D eigenvalue weighted by Gasteiger charge is -2.49. The van der Waals surface area contributed by atoms with Crippen LogP contribution in [0.3, 0.4) is 0 Å². The number of aliphatic hydroxyl groups is 1. The highest BCUT2D eigenvalue weighted by Crippen LogP contribution is 2.51. The molecule has 1 aliphatic carbocycles. The summed E-state index contributed by atoms with van der Waals surface area (Å²) in [6.07, 6.45) is 6.04. The Bertz CT molecular complexity index is 490. The van der Waals surface area contributed by atoms with Crippen LogP contribution in [0, 0.1) is 5.41 Å². The number of rotatable bonds is 2. The second kappa shape index (κ2) is 4.30. The lowest BCUT2D eigenvalue weighted by molar-refractivity contribution is -0.108. The first-order valence-corrected chi connectivity index (χ1v) is 7.89. The minimum absolute atomic E-state index is 0.153. The van der Waals surface area contributed by atoms with Gasteiger partial charge in [0.25, 0.3) is 0 Å². The molecule has 2 atom stereocenters. The van der Waals surface area contributed by atoms with Crippen molar-refractivity contribution in [3.05, 3.63) is 35.4 Å². The van der Waals surface area contributed by atoms with Gasteiger partial charge >= 0.3 is 0 Å². The Balaban J connectivity index is 1.69. The molecule has 4 rings (SSSR count). The maximum absolute atomic E-state index is 11.5. The second-order valence-electron chi connectivity index (χ2n) is 7.18. The fourth-order valence-electron chi connectivity index (χ4n) is 4.91. The summed E-state index contributed by atoms with van der Waals surface area (Å²) in [6, 6.07) is 9.58. The SMILES string of the molecule is NCC1(C2(O)CC3CCC(C2)N3)Cc2ccccc2C1. The van der Waals surface area contributed by atoms with E-state index in [1.165, 1.54) is 24.0 Å². The Morgan fingerprint density at radius 3 is 2.15 bits per heavy atom. The van der Waals surface area contributed by atoms with Crippen LogP contribution in [0.1, 0.15) is 36.8 Å². The Hall–Kier alpha value is -0.900. The third kappa shape index (κ3) is 1.70. The molecule has 1 aromatic rings. The van der Waals surface area contributed by atoms with Crippen molar-refractivity contribution < 1.29 is 5.11 Å². The molecule has 2 saturated heterocycles. The maximum Gasteiger partial charge on any atom is 0.0751 e. The first-order chi connectivity index (χ1) is 9.64. The van der Waals surface area contributed by atoms with Crippen LogP contribution in [0.25, 0.3) is 0 Å². The van der Waals surface area contributed by atoms with Crippen LogP contribution in [-0.2, 0) is 12.8 Å². The van der Waals surface area contributed by atoms with Gasteiger partial charge in [0.05, 0.1) is 5.60 Å². The summed E-state index contributed by atoms with van der Waals surface area (Å²) in [5.41, 5.74) is 8.22. The summed E-state index contributed by atoms with van der Waals surface area (Å²) in [6.45, 7) is 0.581. The van der Waals surface area contributed by atoms with Crippen molar-refractivity contribution in [3.8, 4) is 0 Å². The molecule has 2 fully saturated rings. The van der Waals surface area contributed by atoms with Gasteiger partial charge in [0.2, 0.25) is 0 Å². The fraction of sp³-hybridized carbons (Fsp3) is 0.647. The van der Waals surface area contributed by atoms with Crippen molar-refractivity contribution in [2.45, 2.75) is 56.2 Å². The summed E-state index contributed by atoms with van der Waals surface area (Å²) >= 11 is 0. The Kier molecular flexibility index (Phi) is 2.75. The average molecular weight is 272 g/mol. The molecule has 1 aromatic carbocycles.